The maximum atomic E-state index is 12.1. The van der Waals surface area contributed by atoms with Crippen molar-refractivity contribution in [2.75, 3.05) is 19.6 Å². The lowest BCUT2D eigenvalue weighted by atomic mass is 9.95. The van der Waals surface area contributed by atoms with Gasteiger partial charge in [-0.05, 0) is 63.6 Å². The molecule has 1 saturated carbocycles. The first-order chi connectivity index (χ1) is 12.2. The van der Waals surface area contributed by atoms with Gasteiger partial charge in [0.25, 0.3) is 5.56 Å². The summed E-state index contributed by atoms with van der Waals surface area (Å²) in [5, 5.41) is 7.70. The second-order valence-electron chi connectivity index (χ2n) is 7.95. The van der Waals surface area contributed by atoms with Crippen LogP contribution < -0.4 is 10.9 Å². The van der Waals surface area contributed by atoms with Crippen molar-refractivity contribution in [2.45, 2.75) is 63.5 Å². The van der Waals surface area contributed by atoms with Crippen molar-refractivity contribution >= 4 is 5.91 Å². The molecule has 4 rings (SSSR count). The monoisotopic (exact) mass is 344 g/mol. The minimum atomic E-state index is 0.0248. The van der Waals surface area contributed by atoms with Crippen LogP contribution >= 0.6 is 0 Å². The summed E-state index contributed by atoms with van der Waals surface area (Å²) in [5.41, 5.74) is 1.11. The lowest BCUT2D eigenvalue weighted by Gasteiger charge is -2.35. The Morgan fingerprint density at radius 2 is 1.84 bits per heavy atom. The number of hydrogen-bond acceptors (Lipinski definition) is 4. The quantitative estimate of drug-likeness (QED) is 0.879. The Kier molecular flexibility index (Phi) is 4.88. The lowest BCUT2D eigenvalue weighted by Crippen LogP contribution is -2.48. The van der Waals surface area contributed by atoms with Gasteiger partial charge in [0.1, 0.15) is 0 Å². The molecule has 2 saturated heterocycles. The largest absolute Gasteiger partial charge is 0.352 e. The van der Waals surface area contributed by atoms with Gasteiger partial charge in [-0.3, -0.25) is 9.59 Å². The molecule has 0 bridgehead atoms. The van der Waals surface area contributed by atoms with Crippen LogP contribution in [-0.2, 0) is 11.3 Å². The molecule has 0 aromatic carbocycles. The van der Waals surface area contributed by atoms with Crippen molar-refractivity contribution in [2.24, 2.45) is 5.92 Å². The van der Waals surface area contributed by atoms with E-state index in [1.165, 1.54) is 12.8 Å². The highest BCUT2D eigenvalue weighted by Crippen LogP contribution is 2.38. The molecular weight excluding hydrogens is 316 g/mol. The second-order valence-corrected chi connectivity index (χ2v) is 7.95. The zero-order valence-electron chi connectivity index (χ0n) is 14.8. The first kappa shape index (κ1) is 16.8. The summed E-state index contributed by atoms with van der Waals surface area (Å²) in [6.45, 7) is 3.81. The molecule has 1 unspecified atom stereocenters. The molecule has 1 aliphatic carbocycles. The number of aromatic nitrogens is 2. The van der Waals surface area contributed by atoms with Crippen LogP contribution in [0.1, 0.15) is 56.6 Å². The highest BCUT2D eigenvalue weighted by Gasteiger charge is 2.27. The summed E-state index contributed by atoms with van der Waals surface area (Å²) < 4.78 is 1.69. The van der Waals surface area contributed by atoms with Gasteiger partial charge in [0, 0.05) is 37.5 Å². The molecule has 0 spiro atoms. The predicted molar refractivity (Wildman–Crippen MR) is 95.4 cm³/mol. The van der Waals surface area contributed by atoms with Gasteiger partial charge in [-0.25, -0.2) is 4.68 Å². The molecule has 3 fully saturated rings. The summed E-state index contributed by atoms with van der Waals surface area (Å²) in [6.07, 6.45) is 7.41. The van der Waals surface area contributed by atoms with Crippen LogP contribution in [0, 0.1) is 5.92 Å². The standard InChI is InChI=1S/C19H28N4O2/c24-18-3-1-2-16(20-18)13-22-10-8-14(9-11-22)12-23-19(25)7-6-17(21-23)15-4-5-15/h6-7,14-16H,1-5,8-13H2,(H,20,24). The Balaban J connectivity index is 1.28. The second kappa shape index (κ2) is 7.28. The Morgan fingerprint density at radius 3 is 2.56 bits per heavy atom. The molecule has 1 amide bonds. The molecule has 1 atom stereocenters. The lowest BCUT2D eigenvalue weighted by molar-refractivity contribution is -0.123. The Bertz CT molecular complexity index is 674. The number of amides is 1. The van der Waals surface area contributed by atoms with Crippen molar-refractivity contribution in [1.29, 1.82) is 0 Å². The van der Waals surface area contributed by atoms with Crippen molar-refractivity contribution in [3.05, 3.63) is 28.2 Å². The average molecular weight is 344 g/mol. The van der Waals surface area contributed by atoms with Gasteiger partial charge in [-0.1, -0.05) is 0 Å². The van der Waals surface area contributed by atoms with E-state index in [1.807, 2.05) is 6.07 Å². The first-order valence-corrected chi connectivity index (χ1v) is 9.77. The van der Waals surface area contributed by atoms with E-state index in [0.717, 1.165) is 57.6 Å². The van der Waals surface area contributed by atoms with Crippen molar-refractivity contribution < 1.29 is 4.79 Å². The summed E-state index contributed by atoms with van der Waals surface area (Å²) in [4.78, 5) is 26.1. The summed E-state index contributed by atoms with van der Waals surface area (Å²) in [6, 6.07) is 3.90. The highest BCUT2D eigenvalue weighted by molar-refractivity contribution is 5.76. The number of carbonyl (C=O) groups excluding carboxylic acids is 1. The predicted octanol–water partition coefficient (Wildman–Crippen LogP) is 1.50. The molecule has 3 heterocycles. The molecule has 1 aromatic rings. The van der Waals surface area contributed by atoms with Crippen LogP contribution in [-0.4, -0.2) is 46.3 Å². The number of hydrogen-bond donors (Lipinski definition) is 1. The fourth-order valence-electron chi connectivity index (χ4n) is 4.12. The maximum Gasteiger partial charge on any atom is 0.266 e. The third-order valence-electron chi connectivity index (χ3n) is 5.82. The van der Waals surface area contributed by atoms with Gasteiger partial charge in [-0.2, -0.15) is 5.10 Å². The van der Waals surface area contributed by atoms with Crippen LogP contribution in [0.2, 0.25) is 0 Å². The first-order valence-electron chi connectivity index (χ1n) is 9.77. The molecule has 1 N–H and O–H groups in total. The van der Waals surface area contributed by atoms with Gasteiger partial charge in [0.05, 0.1) is 5.69 Å². The SMILES string of the molecule is O=C1CCCC(CN2CCC(Cn3nc(C4CC4)ccc3=O)CC2)N1. The number of likely N-dealkylation sites (tertiary alicyclic amines) is 1. The topological polar surface area (TPSA) is 67.2 Å². The van der Waals surface area contributed by atoms with E-state index in [2.05, 4.69) is 15.3 Å². The minimum Gasteiger partial charge on any atom is -0.352 e. The zero-order chi connectivity index (χ0) is 17.2. The number of nitrogens with zero attached hydrogens (tertiary/aromatic N) is 3. The Hall–Kier alpha value is -1.69. The number of piperidine rings is 2. The molecule has 6 nitrogen and oxygen atoms in total. The molecule has 2 aliphatic heterocycles. The van der Waals surface area contributed by atoms with Crippen LogP contribution in [0.4, 0.5) is 0 Å². The molecule has 25 heavy (non-hydrogen) atoms. The minimum absolute atomic E-state index is 0.0248. The molecule has 1 aromatic heterocycles. The van der Waals surface area contributed by atoms with Crippen molar-refractivity contribution in [3.63, 3.8) is 0 Å². The van der Waals surface area contributed by atoms with E-state index in [-0.39, 0.29) is 11.5 Å². The van der Waals surface area contributed by atoms with E-state index < -0.39 is 0 Å². The van der Waals surface area contributed by atoms with E-state index in [0.29, 0.717) is 24.3 Å². The smallest absolute Gasteiger partial charge is 0.266 e. The highest BCUT2D eigenvalue weighted by atomic mass is 16.1. The Labute approximate surface area is 148 Å². The summed E-state index contributed by atoms with van der Waals surface area (Å²) in [7, 11) is 0. The van der Waals surface area contributed by atoms with Gasteiger partial charge >= 0.3 is 0 Å². The average Bonchev–Trinajstić information content (AvgIpc) is 3.44. The fourth-order valence-corrected chi connectivity index (χ4v) is 4.12. The normalized spacial score (nSPS) is 25.8. The third kappa shape index (κ3) is 4.29. The maximum absolute atomic E-state index is 12.1. The van der Waals surface area contributed by atoms with Gasteiger partial charge in [0.2, 0.25) is 5.91 Å². The van der Waals surface area contributed by atoms with Crippen LogP contribution in [0.3, 0.4) is 0 Å². The molecule has 3 aliphatic rings. The van der Waals surface area contributed by atoms with Crippen LogP contribution in [0.5, 0.6) is 0 Å². The molecule has 136 valence electrons. The number of carbonyl (C=O) groups is 1. The third-order valence-corrected chi connectivity index (χ3v) is 5.82. The van der Waals surface area contributed by atoms with E-state index >= 15 is 0 Å². The fraction of sp³-hybridized carbons (Fsp3) is 0.737. The van der Waals surface area contributed by atoms with E-state index in [9.17, 15) is 9.59 Å². The summed E-state index contributed by atoms with van der Waals surface area (Å²) >= 11 is 0. The molecule has 0 radical (unpaired) electrons. The summed E-state index contributed by atoms with van der Waals surface area (Å²) in [5.74, 6) is 1.31. The molecular formula is C19H28N4O2. The number of rotatable bonds is 5. The van der Waals surface area contributed by atoms with E-state index in [4.69, 9.17) is 0 Å². The van der Waals surface area contributed by atoms with Gasteiger partial charge in [-0.15, -0.1) is 0 Å². The Morgan fingerprint density at radius 1 is 1.04 bits per heavy atom. The van der Waals surface area contributed by atoms with Crippen molar-refractivity contribution in [3.8, 4) is 0 Å². The molecule has 6 heteroatoms. The van der Waals surface area contributed by atoms with Crippen LogP contribution in [0.25, 0.3) is 0 Å². The number of nitrogens with one attached hydrogen (secondary N) is 1. The van der Waals surface area contributed by atoms with Gasteiger partial charge in [0.15, 0.2) is 0 Å². The van der Waals surface area contributed by atoms with E-state index in [1.54, 1.807) is 10.7 Å². The van der Waals surface area contributed by atoms with Crippen molar-refractivity contribution in [1.82, 2.24) is 20.0 Å². The van der Waals surface area contributed by atoms with Gasteiger partial charge < -0.3 is 10.2 Å². The van der Waals surface area contributed by atoms with Crippen LogP contribution in [0.15, 0.2) is 16.9 Å². The zero-order valence-corrected chi connectivity index (χ0v) is 14.8.